The molecule has 0 saturated carbocycles. The Kier molecular flexibility index (Phi) is 4.98. The van der Waals surface area contributed by atoms with E-state index in [0.717, 1.165) is 16.8 Å². The highest BCUT2D eigenvalue weighted by atomic mass is 16.6. The van der Waals surface area contributed by atoms with Crippen molar-refractivity contribution >= 4 is 17.5 Å². The van der Waals surface area contributed by atoms with Gasteiger partial charge in [0.25, 0.3) is 0 Å². The molecule has 0 aromatic heterocycles. The van der Waals surface area contributed by atoms with Crippen LogP contribution in [0.5, 0.6) is 5.75 Å². The first kappa shape index (κ1) is 20.0. The molecule has 3 aromatic carbocycles. The maximum atomic E-state index is 13.9. The maximum Gasteiger partial charge on any atom is 0.245 e. The fourth-order valence-electron chi connectivity index (χ4n) is 5.03. The van der Waals surface area contributed by atoms with Crippen molar-refractivity contribution in [2.24, 2.45) is 0 Å². The molecule has 0 radical (unpaired) electrons. The number of ketones is 1. The Hall–Kier alpha value is -3.93. The van der Waals surface area contributed by atoms with Gasteiger partial charge in [0.1, 0.15) is 17.8 Å². The third kappa shape index (κ3) is 3.15. The lowest BCUT2D eigenvalue weighted by Crippen LogP contribution is -2.44. The van der Waals surface area contributed by atoms with Gasteiger partial charge in [-0.2, -0.15) is 0 Å². The number of anilines is 1. The molecular formula is C26H22N2O4. The minimum absolute atomic E-state index is 0.138. The molecule has 0 N–H and O–H groups in total. The number of rotatable bonds is 5. The van der Waals surface area contributed by atoms with E-state index in [0.29, 0.717) is 11.3 Å². The number of nitro groups is 1. The minimum atomic E-state index is -0.950. The third-order valence-corrected chi connectivity index (χ3v) is 6.44. The summed E-state index contributed by atoms with van der Waals surface area (Å²) < 4.78 is 5.23. The van der Waals surface area contributed by atoms with Crippen LogP contribution in [0.25, 0.3) is 6.08 Å². The first-order valence-corrected chi connectivity index (χ1v) is 10.5. The van der Waals surface area contributed by atoms with Gasteiger partial charge >= 0.3 is 0 Å². The molecule has 2 aliphatic heterocycles. The van der Waals surface area contributed by atoms with E-state index in [2.05, 4.69) is 0 Å². The van der Waals surface area contributed by atoms with Gasteiger partial charge < -0.3 is 9.64 Å². The minimum Gasteiger partial charge on any atom is -0.497 e. The molecule has 3 aromatic rings. The molecule has 2 heterocycles. The van der Waals surface area contributed by atoms with E-state index < -0.39 is 24.0 Å². The molecule has 0 unspecified atom stereocenters. The summed E-state index contributed by atoms with van der Waals surface area (Å²) in [7, 11) is 1.57. The topological polar surface area (TPSA) is 72.7 Å². The van der Waals surface area contributed by atoms with Gasteiger partial charge in [0.05, 0.1) is 13.0 Å². The summed E-state index contributed by atoms with van der Waals surface area (Å²) in [6.45, 7) is 0. The number of ether oxygens (including phenoxy) is 1. The molecule has 1 fully saturated rings. The number of Topliss-reactive ketones (excluding diaryl/α,β-unsaturated/α-hetero) is 1. The zero-order valence-electron chi connectivity index (χ0n) is 17.5. The Labute approximate surface area is 185 Å². The number of hydrogen-bond donors (Lipinski definition) is 0. The highest BCUT2D eigenvalue weighted by Gasteiger charge is 2.58. The normalized spacial score (nSPS) is 23.3. The average Bonchev–Trinajstić information content (AvgIpc) is 3.20. The van der Waals surface area contributed by atoms with Crippen molar-refractivity contribution in [2.45, 2.75) is 24.0 Å². The van der Waals surface area contributed by atoms with Crippen molar-refractivity contribution in [1.82, 2.24) is 0 Å². The van der Waals surface area contributed by atoms with E-state index >= 15 is 0 Å². The molecule has 2 aliphatic rings. The van der Waals surface area contributed by atoms with Crippen molar-refractivity contribution in [3.8, 4) is 5.75 Å². The van der Waals surface area contributed by atoms with Gasteiger partial charge in [0.2, 0.25) is 6.04 Å². The van der Waals surface area contributed by atoms with Gasteiger partial charge in [-0.1, -0.05) is 60.7 Å². The number of carbonyl (C=O) groups excluding carboxylic acids is 1. The summed E-state index contributed by atoms with van der Waals surface area (Å²) >= 11 is 0. The van der Waals surface area contributed by atoms with Crippen LogP contribution in [-0.2, 0) is 0 Å². The van der Waals surface area contributed by atoms with E-state index in [1.165, 1.54) is 0 Å². The fraction of sp³-hybridized carbons (Fsp3) is 0.192. The Morgan fingerprint density at radius 1 is 0.969 bits per heavy atom. The SMILES string of the molecule is COc1ccc(C(=O)[C@@H]2[C@@H](c3ccccc3)[C@H]([N+](=O)[O-])[C@H]3C=Cc4ccccc4N32)cc1. The van der Waals surface area contributed by atoms with Crippen molar-refractivity contribution in [3.05, 3.63) is 112 Å². The second kappa shape index (κ2) is 7.96. The summed E-state index contributed by atoms with van der Waals surface area (Å²) in [5.74, 6) is -0.0811. The van der Waals surface area contributed by atoms with E-state index in [9.17, 15) is 14.9 Å². The Balaban J connectivity index is 1.69. The van der Waals surface area contributed by atoms with Crippen molar-refractivity contribution in [3.63, 3.8) is 0 Å². The van der Waals surface area contributed by atoms with Gasteiger partial charge in [0.15, 0.2) is 5.78 Å². The maximum absolute atomic E-state index is 13.9. The monoisotopic (exact) mass is 426 g/mol. The second-order valence-electron chi connectivity index (χ2n) is 8.07. The average molecular weight is 426 g/mol. The van der Waals surface area contributed by atoms with E-state index in [1.54, 1.807) is 31.4 Å². The van der Waals surface area contributed by atoms with E-state index in [4.69, 9.17) is 4.74 Å². The van der Waals surface area contributed by atoms with Crippen LogP contribution in [0.15, 0.2) is 84.9 Å². The highest BCUT2D eigenvalue weighted by molar-refractivity contribution is 6.04. The Bertz CT molecular complexity index is 1190. The summed E-state index contributed by atoms with van der Waals surface area (Å²) in [4.78, 5) is 28.0. The van der Waals surface area contributed by atoms with Gasteiger partial charge in [0, 0.05) is 16.2 Å². The number of para-hydroxylation sites is 1. The molecule has 160 valence electrons. The number of fused-ring (bicyclic) bond motifs is 3. The molecule has 1 saturated heterocycles. The van der Waals surface area contributed by atoms with E-state index in [1.807, 2.05) is 71.6 Å². The molecular weight excluding hydrogens is 404 g/mol. The van der Waals surface area contributed by atoms with Crippen LogP contribution in [0.1, 0.15) is 27.4 Å². The van der Waals surface area contributed by atoms with Gasteiger partial charge in [-0.3, -0.25) is 14.9 Å². The van der Waals surface area contributed by atoms with Crippen LogP contribution < -0.4 is 9.64 Å². The Morgan fingerprint density at radius 2 is 1.66 bits per heavy atom. The number of carbonyl (C=O) groups is 1. The second-order valence-corrected chi connectivity index (χ2v) is 8.07. The quantitative estimate of drug-likeness (QED) is 0.339. The van der Waals surface area contributed by atoms with Crippen molar-refractivity contribution in [2.75, 3.05) is 12.0 Å². The van der Waals surface area contributed by atoms with Crippen molar-refractivity contribution in [1.29, 1.82) is 0 Å². The molecule has 32 heavy (non-hydrogen) atoms. The zero-order valence-corrected chi connectivity index (χ0v) is 17.5. The van der Waals surface area contributed by atoms with Crippen molar-refractivity contribution < 1.29 is 14.5 Å². The molecule has 0 spiro atoms. The van der Waals surface area contributed by atoms with E-state index in [-0.39, 0.29) is 10.7 Å². The Morgan fingerprint density at radius 3 is 2.34 bits per heavy atom. The number of hydrogen-bond acceptors (Lipinski definition) is 5. The van der Waals surface area contributed by atoms with Crippen LogP contribution in [0.3, 0.4) is 0 Å². The van der Waals surface area contributed by atoms with Gasteiger partial charge in [-0.05, 0) is 41.5 Å². The molecule has 0 amide bonds. The predicted octanol–water partition coefficient (Wildman–Crippen LogP) is 4.59. The first-order chi connectivity index (χ1) is 15.6. The molecule has 6 nitrogen and oxygen atoms in total. The smallest absolute Gasteiger partial charge is 0.245 e. The summed E-state index contributed by atoms with van der Waals surface area (Å²) in [6, 6.07) is 21.9. The standard InChI is InChI=1S/C26H22N2O4/c1-32-20-14-11-19(12-15-20)26(29)25-23(18-8-3-2-4-9-18)24(28(30)31)22-16-13-17-7-5-6-10-21(17)27(22)25/h2-16,22-25H,1H3/t22-,23+,24-,25+/m1/s1. The first-order valence-electron chi connectivity index (χ1n) is 10.5. The van der Waals surface area contributed by atoms with Crippen LogP contribution in [-0.4, -0.2) is 35.9 Å². The lowest BCUT2D eigenvalue weighted by molar-refractivity contribution is -0.524. The zero-order chi connectivity index (χ0) is 22.2. The highest BCUT2D eigenvalue weighted by Crippen LogP contribution is 2.46. The lowest BCUT2D eigenvalue weighted by Gasteiger charge is -2.34. The number of benzene rings is 3. The number of methoxy groups -OCH3 is 1. The largest absolute Gasteiger partial charge is 0.497 e. The predicted molar refractivity (Wildman–Crippen MR) is 123 cm³/mol. The summed E-state index contributed by atoms with van der Waals surface area (Å²) in [5.41, 5.74) is 3.09. The summed E-state index contributed by atoms with van der Waals surface area (Å²) in [6.07, 6.45) is 3.79. The third-order valence-electron chi connectivity index (χ3n) is 6.44. The number of nitrogens with zero attached hydrogens (tertiary/aromatic N) is 2. The lowest BCUT2D eigenvalue weighted by atomic mass is 9.84. The fourth-order valence-corrected chi connectivity index (χ4v) is 5.03. The molecule has 6 heteroatoms. The molecule has 4 atom stereocenters. The van der Waals surface area contributed by atoms with Crippen LogP contribution >= 0.6 is 0 Å². The van der Waals surface area contributed by atoms with Crippen LogP contribution in [0, 0.1) is 10.1 Å². The molecule has 5 rings (SSSR count). The summed E-state index contributed by atoms with van der Waals surface area (Å²) in [5, 5.41) is 12.4. The van der Waals surface area contributed by atoms with Crippen LogP contribution in [0.4, 0.5) is 5.69 Å². The van der Waals surface area contributed by atoms with Gasteiger partial charge in [-0.25, -0.2) is 0 Å². The van der Waals surface area contributed by atoms with Gasteiger partial charge in [-0.15, -0.1) is 0 Å². The molecule has 0 bridgehead atoms. The molecule has 0 aliphatic carbocycles. The van der Waals surface area contributed by atoms with Crippen LogP contribution in [0.2, 0.25) is 0 Å².